The Morgan fingerprint density at radius 2 is 1.62 bits per heavy atom. The summed E-state index contributed by atoms with van der Waals surface area (Å²) >= 11 is 0. The number of rotatable bonds is 10. The molecule has 29 heavy (non-hydrogen) atoms. The zero-order valence-corrected chi connectivity index (χ0v) is 19.3. The summed E-state index contributed by atoms with van der Waals surface area (Å²) in [5, 5.41) is 0. The first-order chi connectivity index (χ1) is 14.1. The maximum Gasteiger partial charge on any atom is 0.200 e. The molecule has 0 bridgehead atoms. The number of hydrogen-bond donors (Lipinski definition) is 0. The zero-order valence-electron chi connectivity index (χ0n) is 19.3. The van der Waals surface area contributed by atoms with Crippen LogP contribution in [0.2, 0.25) is 0 Å². The predicted octanol–water partition coefficient (Wildman–Crippen LogP) is 8.25. The lowest BCUT2D eigenvalue weighted by Crippen LogP contribution is -2.32. The van der Waals surface area contributed by atoms with Crippen LogP contribution in [0.5, 0.6) is 5.75 Å². The van der Waals surface area contributed by atoms with Crippen molar-refractivity contribution < 1.29 is 9.47 Å². The molecule has 2 heteroatoms. The van der Waals surface area contributed by atoms with Crippen LogP contribution in [0.15, 0.2) is 24.3 Å². The highest BCUT2D eigenvalue weighted by molar-refractivity contribution is 5.29. The maximum absolute atomic E-state index is 6.42. The molecule has 2 atom stereocenters. The summed E-state index contributed by atoms with van der Waals surface area (Å²) in [5.74, 6) is 2.43. The molecule has 2 fully saturated rings. The van der Waals surface area contributed by atoms with Crippen LogP contribution in [-0.4, -0.2) is 12.9 Å². The molecule has 164 valence electrons. The Morgan fingerprint density at radius 1 is 0.966 bits per heavy atom. The van der Waals surface area contributed by atoms with Crippen molar-refractivity contribution >= 4 is 0 Å². The third kappa shape index (κ3) is 7.31. The van der Waals surface area contributed by atoms with Gasteiger partial charge < -0.3 is 9.47 Å². The lowest BCUT2D eigenvalue weighted by Gasteiger charge is -2.36. The van der Waals surface area contributed by atoms with Gasteiger partial charge >= 0.3 is 0 Å². The summed E-state index contributed by atoms with van der Waals surface area (Å²) in [7, 11) is 0. The molecule has 0 aromatic heterocycles. The van der Waals surface area contributed by atoms with E-state index in [1.165, 1.54) is 82.6 Å². The van der Waals surface area contributed by atoms with Gasteiger partial charge in [0.1, 0.15) is 5.75 Å². The molecule has 1 aromatic carbocycles. The van der Waals surface area contributed by atoms with E-state index >= 15 is 0 Å². The zero-order chi connectivity index (χ0) is 20.5. The quantitative estimate of drug-likeness (QED) is 0.368. The molecule has 0 spiro atoms. The summed E-state index contributed by atoms with van der Waals surface area (Å²) < 4.78 is 12.8. The molecule has 2 aliphatic carbocycles. The van der Waals surface area contributed by atoms with Gasteiger partial charge in [-0.15, -0.1) is 0 Å². The molecule has 2 aliphatic rings. The van der Waals surface area contributed by atoms with E-state index in [1.807, 2.05) is 0 Å². The second-order valence-corrected chi connectivity index (χ2v) is 10.2. The fraction of sp³-hybridized carbons (Fsp3) is 0.778. The van der Waals surface area contributed by atoms with Gasteiger partial charge in [-0.3, -0.25) is 0 Å². The van der Waals surface area contributed by atoms with Gasteiger partial charge in [-0.25, -0.2) is 0 Å². The van der Waals surface area contributed by atoms with Gasteiger partial charge in [0.05, 0.1) is 6.61 Å². The third-order valence-electron chi connectivity index (χ3n) is 7.60. The topological polar surface area (TPSA) is 18.5 Å². The molecular weight excluding hydrogens is 356 g/mol. The molecule has 2 unspecified atom stereocenters. The molecule has 0 N–H and O–H groups in total. The average molecular weight is 401 g/mol. The van der Waals surface area contributed by atoms with Crippen LogP contribution in [-0.2, 0) is 4.74 Å². The van der Waals surface area contributed by atoms with Gasteiger partial charge in [0.25, 0.3) is 0 Å². The molecule has 0 heterocycles. The monoisotopic (exact) mass is 400 g/mol. The van der Waals surface area contributed by atoms with Crippen molar-refractivity contribution in [1.82, 2.24) is 0 Å². The van der Waals surface area contributed by atoms with Gasteiger partial charge in [-0.1, -0.05) is 84.3 Å². The van der Waals surface area contributed by atoms with E-state index in [9.17, 15) is 0 Å². The van der Waals surface area contributed by atoms with Crippen molar-refractivity contribution in [1.29, 1.82) is 0 Å². The Labute approximate surface area is 179 Å². The normalized spacial score (nSPS) is 22.2. The van der Waals surface area contributed by atoms with E-state index in [4.69, 9.17) is 9.47 Å². The fourth-order valence-corrected chi connectivity index (χ4v) is 5.25. The molecule has 2 saturated carbocycles. The Bertz CT molecular complexity index is 567. The number of ether oxygens (including phenoxy) is 2. The van der Waals surface area contributed by atoms with Crippen LogP contribution in [0.25, 0.3) is 0 Å². The van der Waals surface area contributed by atoms with Crippen LogP contribution >= 0.6 is 0 Å². The minimum atomic E-state index is -0.115. The van der Waals surface area contributed by atoms with Crippen LogP contribution in [0.3, 0.4) is 0 Å². The van der Waals surface area contributed by atoms with Crippen LogP contribution < -0.4 is 4.74 Å². The van der Waals surface area contributed by atoms with E-state index in [-0.39, 0.29) is 6.29 Å². The smallest absolute Gasteiger partial charge is 0.200 e. The van der Waals surface area contributed by atoms with Crippen molar-refractivity contribution in [2.24, 2.45) is 11.3 Å². The summed E-state index contributed by atoms with van der Waals surface area (Å²) in [6.45, 7) is 7.82. The Hall–Kier alpha value is -1.02. The highest BCUT2D eigenvalue weighted by Gasteiger charge is 2.31. The fourth-order valence-electron chi connectivity index (χ4n) is 5.25. The minimum absolute atomic E-state index is 0.115. The van der Waals surface area contributed by atoms with E-state index in [2.05, 4.69) is 45.0 Å². The van der Waals surface area contributed by atoms with Crippen molar-refractivity contribution in [3.63, 3.8) is 0 Å². The van der Waals surface area contributed by atoms with Crippen molar-refractivity contribution in [3.8, 4) is 5.75 Å². The van der Waals surface area contributed by atoms with Gasteiger partial charge in [0.2, 0.25) is 0 Å². The number of benzene rings is 1. The Morgan fingerprint density at radius 3 is 2.28 bits per heavy atom. The molecule has 0 radical (unpaired) electrons. The van der Waals surface area contributed by atoms with E-state index < -0.39 is 0 Å². The van der Waals surface area contributed by atoms with Crippen LogP contribution in [0.4, 0.5) is 0 Å². The largest absolute Gasteiger partial charge is 0.465 e. The minimum Gasteiger partial charge on any atom is -0.465 e. The molecular formula is C27H44O2. The summed E-state index contributed by atoms with van der Waals surface area (Å²) in [4.78, 5) is 0. The third-order valence-corrected chi connectivity index (χ3v) is 7.60. The lowest BCUT2D eigenvalue weighted by atomic mass is 9.73. The van der Waals surface area contributed by atoms with E-state index in [0.29, 0.717) is 11.3 Å². The number of hydrogen-bond acceptors (Lipinski definition) is 2. The van der Waals surface area contributed by atoms with Crippen molar-refractivity contribution in [3.05, 3.63) is 29.8 Å². The second kappa shape index (κ2) is 11.4. The van der Waals surface area contributed by atoms with E-state index in [0.717, 1.165) is 24.7 Å². The molecule has 0 aliphatic heterocycles. The highest BCUT2D eigenvalue weighted by Crippen LogP contribution is 2.40. The van der Waals surface area contributed by atoms with E-state index in [1.54, 1.807) is 0 Å². The van der Waals surface area contributed by atoms with Gasteiger partial charge in [0.15, 0.2) is 6.29 Å². The SMILES string of the molecule is CCC(C)c1ccc(OC(CC2(C)CCCCC2)OCCC2CCCCC2)cc1. The first kappa shape index (κ1) is 22.7. The predicted molar refractivity (Wildman–Crippen MR) is 123 cm³/mol. The van der Waals surface area contributed by atoms with Crippen LogP contribution in [0, 0.1) is 11.3 Å². The first-order valence-electron chi connectivity index (χ1n) is 12.5. The van der Waals surface area contributed by atoms with Crippen molar-refractivity contribution in [2.75, 3.05) is 6.61 Å². The average Bonchev–Trinajstić information content (AvgIpc) is 2.74. The van der Waals surface area contributed by atoms with Gasteiger partial charge in [0, 0.05) is 6.42 Å². The first-order valence-corrected chi connectivity index (χ1v) is 12.5. The standard InChI is InChI=1S/C27H44O2/c1-4-22(2)24-13-15-25(16-14-24)29-26(21-27(3)18-9-6-10-19-27)28-20-17-23-11-7-5-8-12-23/h13-16,22-23,26H,4-12,17-21H2,1-3H3. The summed E-state index contributed by atoms with van der Waals surface area (Å²) in [6.07, 6.45) is 17.0. The molecule has 3 rings (SSSR count). The van der Waals surface area contributed by atoms with Gasteiger partial charge in [-0.2, -0.15) is 0 Å². The summed E-state index contributed by atoms with van der Waals surface area (Å²) in [5.41, 5.74) is 1.76. The molecule has 0 amide bonds. The molecule has 1 aromatic rings. The van der Waals surface area contributed by atoms with Crippen molar-refractivity contribution in [2.45, 2.75) is 116 Å². The van der Waals surface area contributed by atoms with Gasteiger partial charge in [-0.05, 0) is 60.6 Å². The Kier molecular flexibility index (Phi) is 8.90. The highest BCUT2D eigenvalue weighted by atomic mass is 16.7. The van der Waals surface area contributed by atoms with Crippen LogP contribution in [0.1, 0.15) is 116 Å². The lowest BCUT2D eigenvalue weighted by molar-refractivity contribution is -0.111. The maximum atomic E-state index is 6.42. The second-order valence-electron chi connectivity index (χ2n) is 10.2. The molecule has 2 nitrogen and oxygen atoms in total. The Balaban J connectivity index is 1.58. The summed E-state index contributed by atoms with van der Waals surface area (Å²) in [6, 6.07) is 8.74. The molecule has 0 saturated heterocycles.